The van der Waals surface area contributed by atoms with Crippen LogP contribution in [0.15, 0.2) is 58.3 Å². The van der Waals surface area contributed by atoms with Crippen molar-refractivity contribution in [2.75, 3.05) is 17.7 Å². The van der Waals surface area contributed by atoms with Gasteiger partial charge in [-0.2, -0.15) is 0 Å². The Balaban J connectivity index is 2.22. The lowest BCUT2D eigenvalue weighted by Crippen LogP contribution is -2.34. The molecule has 2 aromatic rings. The highest BCUT2D eigenvalue weighted by Gasteiger charge is 2.10. The van der Waals surface area contributed by atoms with E-state index in [9.17, 15) is 9.59 Å². The minimum absolute atomic E-state index is 0.0697. The van der Waals surface area contributed by atoms with Crippen LogP contribution in [0.3, 0.4) is 0 Å². The van der Waals surface area contributed by atoms with E-state index < -0.39 is 6.09 Å². The number of anilines is 2. The summed E-state index contributed by atoms with van der Waals surface area (Å²) in [7, 11) is 1.25. The number of ether oxygens (including phenoxy) is 1. The smallest absolute Gasteiger partial charge is 0.413 e. The van der Waals surface area contributed by atoms with Crippen molar-refractivity contribution >= 4 is 52.5 Å². The number of methoxy groups -OCH3 is 1. The molecule has 0 radical (unpaired) electrons. The second-order valence-corrected chi connectivity index (χ2v) is 6.43. The summed E-state index contributed by atoms with van der Waals surface area (Å²) in [5.74, 6) is -0.210. The van der Waals surface area contributed by atoms with Crippen LogP contribution in [0, 0.1) is 0 Å². The summed E-state index contributed by atoms with van der Waals surface area (Å²) >= 11 is 6.65. The Morgan fingerprint density at radius 3 is 2.36 bits per heavy atom. The number of benzene rings is 2. The van der Waals surface area contributed by atoms with Crippen LogP contribution in [0.1, 0.15) is 6.92 Å². The maximum absolute atomic E-state index is 11.4. The van der Waals surface area contributed by atoms with E-state index in [0.717, 1.165) is 9.79 Å². The van der Waals surface area contributed by atoms with Gasteiger partial charge in [0, 0.05) is 16.7 Å². The van der Waals surface area contributed by atoms with Crippen LogP contribution in [0.2, 0.25) is 0 Å². The molecule has 2 rings (SSSR count). The standard InChI is InChI=1S/C17H17N3O3S2/c1-11(21)18-14-9-8-13(25-12-6-4-3-5-7-12)10-15(14)19-16(24)20-17(22)23-2/h3-10H,1-2H3,(H,18,21)(H2,19,20,22,24). The lowest BCUT2D eigenvalue weighted by atomic mass is 10.2. The first-order chi connectivity index (χ1) is 12.0. The molecule has 0 unspecified atom stereocenters. The maximum Gasteiger partial charge on any atom is 0.413 e. The molecule has 6 nitrogen and oxygen atoms in total. The molecule has 0 spiro atoms. The highest BCUT2D eigenvalue weighted by atomic mass is 32.2. The number of carbonyl (C=O) groups excluding carboxylic acids is 2. The molecule has 25 heavy (non-hydrogen) atoms. The monoisotopic (exact) mass is 375 g/mol. The van der Waals surface area contributed by atoms with Crippen molar-refractivity contribution < 1.29 is 14.3 Å². The largest absolute Gasteiger partial charge is 0.453 e. The number of rotatable bonds is 4. The summed E-state index contributed by atoms with van der Waals surface area (Å²) < 4.78 is 4.50. The molecule has 0 fully saturated rings. The fraction of sp³-hybridized carbons (Fsp3) is 0.118. The first-order valence-corrected chi connectivity index (χ1v) is 8.51. The van der Waals surface area contributed by atoms with Crippen LogP contribution >= 0.6 is 24.0 Å². The van der Waals surface area contributed by atoms with Crippen molar-refractivity contribution in [2.45, 2.75) is 16.7 Å². The van der Waals surface area contributed by atoms with Crippen molar-refractivity contribution in [3.8, 4) is 0 Å². The highest BCUT2D eigenvalue weighted by Crippen LogP contribution is 2.33. The summed E-state index contributed by atoms with van der Waals surface area (Å²) in [6, 6.07) is 15.4. The highest BCUT2D eigenvalue weighted by molar-refractivity contribution is 7.99. The van der Waals surface area contributed by atoms with Crippen molar-refractivity contribution in [1.82, 2.24) is 5.32 Å². The minimum Gasteiger partial charge on any atom is -0.453 e. The molecule has 8 heteroatoms. The molecule has 130 valence electrons. The average Bonchev–Trinajstić information content (AvgIpc) is 2.57. The fourth-order valence-corrected chi connectivity index (χ4v) is 2.98. The fourth-order valence-electron chi connectivity index (χ4n) is 1.91. The van der Waals surface area contributed by atoms with Gasteiger partial charge < -0.3 is 15.4 Å². The predicted octanol–water partition coefficient (Wildman–Crippen LogP) is 3.85. The van der Waals surface area contributed by atoms with E-state index >= 15 is 0 Å². The molecule has 3 N–H and O–H groups in total. The van der Waals surface area contributed by atoms with Crippen molar-refractivity contribution in [2.24, 2.45) is 0 Å². The molecular weight excluding hydrogens is 358 g/mol. The van der Waals surface area contributed by atoms with Gasteiger partial charge in [0.25, 0.3) is 0 Å². The van der Waals surface area contributed by atoms with Crippen molar-refractivity contribution in [3.63, 3.8) is 0 Å². The average molecular weight is 375 g/mol. The summed E-state index contributed by atoms with van der Waals surface area (Å²) in [5.41, 5.74) is 1.12. The van der Waals surface area contributed by atoms with Gasteiger partial charge >= 0.3 is 6.09 Å². The summed E-state index contributed by atoms with van der Waals surface area (Å²) in [6.07, 6.45) is -0.673. The van der Waals surface area contributed by atoms with Gasteiger partial charge in [0.1, 0.15) is 0 Å². The molecule has 0 heterocycles. The van der Waals surface area contributed by atoms with Crippen LogP contribution in [0.5, 0.6) is 0 Å². The third kappa shape index (κ3) is 6.09. The number of carbonyl (C=O) groups is 2. The van der Waals surface area contributed by atoms with Crippen LogP contribution in [-0.2, 0) is 9.53 Å². The van der Waals surface area contributed by atoms with E-state index in [4.69, 9.17) is 12.2 Å². The number of alkyl carbamates (subject to hydrolysis) is 1. The van der Waals surface area contributed by atoms with Gasteiger partial charge in [-0.1, -0.05) is 30.0 Å². The molecule has 2 amide bonds. The van der Waals surface area contributed by atoms with Gasteiger partial charge in [-0.15, -0.1) is 0 Å². The first-order valence-electron chi connectivity index (χ1n) is 7.28. The van der Waals surface area contributed by atoms with Gasteiger partial charge in [-0.3, -0.25) is 10.1 Å². The predicted molar refractivity (Wildman–Crippen MR) is 103 cm³/mol. The topological polar surface area (TPSA) is 79.5 Å². The van der Waals surface area contributed by atoms with Crippen molar-refractivity contribution in [3.05, 3.63) is 48.5 Å². The minimum atomic E-state index is -0.673. The van der Waals surface area contributed by atoms with Gasteiger partial charge in [-0.05, 0) is 42.5 Å². The van der Waals surface area contributed by atoms with Gasteiger partial charge in [0.2, 0.25) is 5.91 Å². The van der Waals surface area contributed by atoms with Crippen LogP contribution < -0.4 is 16.0 Å². The van der Waals surface area contributed by atoms with Gasteiger partial charge in [0.15, 0.2) is 5.11 Å². The zero-order valence-corrected chi connectivity index (χ0v) is 15.3. The zero-order chi connectivity index (χ0) is 18.2. The van der Waals surface area contributed by atoms with Crippen LogP contribution in [-0.4, -0.2) is 24.2 Å². The Morgan fingerprint density at radius 2 is 1.72 bits per heavy atom. The van der Waals surface area contributed by atoms with Crippen molar-refractivity contribution in [1.29, 1.82) is 0 Å². The molecule has 0 aliphatic rings. The molecule has 0 saturated carbocycles. The Morgan fingerprint density at radius 1 is 1.00 bits per heavy atom. The maximum atomic E-state index is 11.4. The lowest BCUT2D eigenvalue weighted by molar-refractivity contribution is -0.114. The van der Waals surface area contributed by atoms with Gasteiger partial charge in [-0.25, -0.2) is 4.79 Å². The molecule has 0 bridgehead atoms. The van der Waals surface area contributed by atoms with E-state index in [2.05, 4.69) is 20.7 Å². The molecule has 0 aliphatic heterocycles. The first kappa shape index (κ1) is 18.8. The third-order valence-electron chi connectivity index (χ3n) is 2.93. The van der Waals surface area contributed by atoms with E-state index in [1.54, 1.807) is 17.8 Å². The van der Waals surface area contributed by atoms with Gasteiger partial charge in [0.05, 0.1) is 18.5 Å². The summed E-state index contributed by atoms with van der Waals surface area (Å²) in [6.45, 7) is 1.42. The molecule has 0 saturated heterocycles. The van der Waals surface area contributed by atoms with Crippen LogP contribution in [0.4, 0.5) is 16.2 Å². The summed E-state index contributed by atoms with van der Waals surface area (Å²) in [5, 5.41) is 8.06. The number of hydrogen-bond acceptors (Lipinski definition) is 5. The van der Waals surface area contributed by atoms with E-state index in [-0.39, 0.29) is 11.0 Å². The molecule has 0 aromatic heterocycles. The summed E-state index contributed by atoms with van der Waals surface area (Å²) in [4.78, 5) is 24.7. The number of thiocarbonyl (C=S) groups is 1. The quantitative estimate of drug-likeness (QED) is 0.705. The third-order valence-corrected chi connectivity index (χ3v) is 4.13. The Kier molecular flexibility index (Phi) is 6.79. The zero-order valence-electron chi connectivity index (χ0n) is 13.7. The Bertz CT molecular complexity index is 782. The van der Waals surface area contributed by atoms with E-state index in [0.29, 0.717) is 11.4 Å². The number of hydrogen-bond donors (Lipinski definition) is 3. The molecule has 0 atom stereocenters. The Hall–Kier alpha value is -2.58. The molecule has 2 aromatic carbocycles. The molecule has 0 aliphatic carbocycles. The van der Waals surface area contributed by atoms with E-state index in [1.165, 1.54) is 14.0 Å². The number of amides is 2. The normalized spacial score (nSPS) is 9.84. The second kappa shape index (κ2) is 9.05. The lowest BCUT2D eigenvalue weighted by Gasteiger charge is -2.15. The SMILES string of the molecule is COC(=O)NC(=S)Nc1cc(Sc2ccccc2)ccc1NC(C)=O. The number of nitrogens with one attached hydrogen (secondary N) is 3. The van der Waals surface area contributed by atoms with E-state index in [1.807, 2.05) is 42.5 Å². The Labute approximate surface area is 155 Å². The molecular formula is C17H17N3O3S2. The van der Waals surface area contributed by atoms with Crippen LogP contribution in [0.25, 0.3) is 0 Å². The second-order valence-electron chi connectivity index (χ2n) is 4.87.